The van der Waals surface area contributed by atoms with Crippen LogP contribution in [0.4, 0.5) is 4.39 Å². The molecule has 0 aliphatic carbocycles. The Balaban J connectivity index is 5.15. The third-order valence-corrected chi connectivity index (χ3v) is 3.45. The summed E-state index contributed by atoms with van der Waals surface area (Å²) < 4.78 is 19.7. The van der Waals surface area contributed by atoms with E-state index in [4.69, 9.17) is 4.74 Å². The van der Waals surface area contributed by atoms with Gasteiger partial charge in [-0.3, -0.25) is 4.99 Å². The first-order valence-corrected chi connectivity index (χ1v) is 7.75. The summed E-state index contributed by atoms with van der Waals surface area (Å²) in [6.45, 7) is 12.3. The highest BCUT2D eigenvalue weighted by molar-refractivity contribution is 5.53. The van der Waals surface area contributed by atoms with Crippen molar-refractivity contribution in [3.63, 3.8) is 0 Å². The van der Waals surface area contributed by atoms with Crippen LogP contribution in [-0.4, -0.2) is 19.9 Å². The summed E-state index contributed by atoms with van der Waals surface area (Å²) in [6, 6.07) is 0. The van der Waals surface area contributed by atoms with Crippen LogP contribution >= 0.6 is 0 Å². The smallest absolute Gasteiger partial charge is 0.165 e. The summed E-state index contributed by atoms with van der Waals surface area (Å²) in [5, 5.41) is 0. The van der Waals surface area contributed by atoms with E-state index in [2.05, 4.69) is 38.4 Å². The van der Waals surface area contributed by atoms with Gasteiger partial charge in [0.15, 0.2) is 5.83 Å². The van der Waals surface area contributed by atoms with E-state index in [1.807, 2.05) is 0 Å². The van der Waals surface area contributed by atoms with Crippen LogP contribution in [0.25, 0.3) is 0 Å². The van der Waals surface area contributed by atoms with Crippen molar-refractivity contribution in [2.24, 2.45) is 10.9 Å². The van der Waals surface area contributed by atoms with Crippen LogP contribution in [0.3, 0.4) is 0 Å². The normalized spacial score (nSPS) is 15.0. The summed E-state index contributed by atoms with van der Waals surface area (Å²) in [7, 11) is 1.51. The molecular formula is C18H30FNO. The van der Waals surface area contributed by atoms with Gasteiger partial charge in [0.1, 0.15) is 5.76 Å². The van der Waals surface area contributed by atoms with Crippen molar-refractivity contribution in [3.8, 4) is 0 Å². The van der Waals surface area contributed by atoms with Crippen LogP contribution in [0, 0.1) is 5.92 Å². The zero-order valence-corrected chi connectivity index (χ0v) is 14.2. The number of allylic oxidation sites excluding steroid dienone is 2. The lowest BCUT2D eigenvalue weighted by Crippen LogP contribution is -2.04. The highest BCUT2D eigenvalue weighted by Gasteiger charge is 2.16. The highest BCUT2D eigenvalue weighted by Crippen LogP contribution is 2.28. The van der Waals surface area contributed by atoms with Crippen LogP contribution in [0.1, 0.15) is 53.4 Å². The molecule has 0 radical (unpaired) electrons. The van der Waals surface area contributed by atoms with Gasteiger partial charge in [0.25, 0.3) is 0 Å². The molecule has 0 saturated heterocycles. The Morgan fingerprint density at radius 3 is 2.52 bits per heavy atom. The second kappa shape index (κ2) is 11.3. The minimum atomic E-state index is -0.367. The molecule has 0 N–H and O–H groups in total. The second-order valence-electron chi connectivity index (χ2n) is 5.20. The van der Waals surface area contributed by atoms with Gasteiger partial charge in [-0.1, -0.05) is 45.4 Å². The number of halogens is 1. The largest absolute Gasteiger partial charge is 0.498 e. The van der Waals surface area contributed by atoms with E-state index >= 15 is 0 Å². The van der Waals surface area contributed by atoms with Crippen molar-refractivity contribution < 1.29 is 9.13 Å². The van der Waals surface area contributed by atoms with E-state index < -0.39 is 0 Å². The molecular weight excluding hydrogens is 265 g/mol. The Hall–Kier alpha value is -1.38. The molecule has 0 spiro atoms. The van der Waals surface area contributed by atoms with Crippen molar-refractivity contribution in [1.29, 1.82) is 0 Å². The molecule has 0 aliphatic rings. The fourth-order valence-corrected chi connectivity index (χ4v) is 2.22. The fourth-order valence-electron chi connectivity index (χ4n) is 2.22. The highest BCUT2D eigenvalue weighted by atomic mass is 19.1. The average Bonchev–Trinajstić information content (AvgIpc) is 2.48. The van der Waals surface area contributed by atoms with Crippen LogP contribution in [0.2, 0.25) is 0 Å². The molecule has 21 heavy (non-hydrogen) atoms. The number of aliphatic imine (C=N–C) groups is 1. The van der Waals surface area contributed by atoms with Crippen molar-refractivity contribution >= 4 is 6.21 Å². The molecule has 0 rings (SSSR count). The Kier molecular flexibility index (Phi) is 10.6. The minimum Gasteiger partial charge on any atom is -0.498 e. The molecule has 0 fully saturated rings. The number of ether oxygens (including phenoxy) is 1. The van der Waals surface area contributed by atoms with Crippen molar-refractivity contribution in [2.45, 2.75) is 53.4 Å². The maximum atomic E-state index is 14.4. The molecule has 0 aromatic heterocycles. The third-order valence-electron chi connectivity index (χ3n) is 3.45. The van der Waals surface area contributed by atoms with E-state index in [0.717, 1.165) is 19.3 Å². The van der Waals surface area contributed by atoms with E-state index in [1.54, 1.807) is 13.1 Å². The predicted octanol–water partition coefficient (Wildman–Crippen LogP) is 5.62. The van der Waals surface area contributed by atoms with Gasteiger partial charge in [0.2, 0.25) is 0 Å². The average molecular weight is 295 g/mol. The molecule has 1 atom stereocenters. The number of nitrogens with zero attached hydrogens (tertiary/aromatic N) is 1. The Bertz CT molecular complexity index is 407. The molecule has 0 aromatic carbocycles. The zero-order chi connectivity index (χ0) is 16.3. The molecule has 0 heterocycles. The lowest BCUT2D eigenvalue weighted by atomic mass is 9.92. The van der Waals surface area contributed by atoms with Crippen molar-refractivity contribution in [2.75, 3.05) is 13.7 Å². The summed E-state index contributed by atoms with van der Waals surface area (Å²) >= 11 is 0. The van der Waals surface area contributed by atoms with E-state index in [9.17, 15) is 4.39 Å². The molecule has 0 amide bonds. The maximum absolute atomic E-state index is 14.4. The van der Waals surface area contributed by atoms with Crippen molar-refractivity contribution in [3.05, 3.63) is 35.4 Å². The number of hydrogen-bond donors (Lipinski definition) is 0. The van der Waals surface area contributed by atoms with E-state index in [-0.39, 0.29) is 12.4 Å². The van der Waals surface area contributed by atoms with Crippen LogP contribution in [-0.2, 0) is 4.74 Å². The van der Waals surface area contributed by atoms with Gasteiger partial charge in [0.05, 0.1) is 13.7 Å². The second-order valence-corrected chi connectivity index (χ2v) is 5.20. The summed E-state index contributed by atoms with van der Waals surface area (Å²) in [5.41, 5.74) is 1.60. The standard InChI is InChI=1S/C18H30FNO/c1-7-10-14(4)16(11-8-2)12-17(21-6)18(19)15(5)13-20-9-3/h9,11,14H,5,7-8,10,12-13H2,1-4,6H3/b16-11+,18-17-,20-9?. The molecule has 0 saturated carbocycles. The van der Waals surface area contributed by atoms with Crippen LogP contribution < -0.4 is 0 Å². The molecule has 0 aliphatic heterocycles. The first-order valence-electron chi connectivity index (χ1n) is 7.75. The van der Waals surface area contributed by atoms with Crippen molar-refractivity contribution in [1.82, 2.24) is 0 Å². The summed E-state index contributed by atoms with van der Waals surface area (Å²) in [4.78, 5) is 4.02. The zero-order valence-electron chi connectivity index (χ0n) is 14.2. The molecule has 120 valence electrons. The van der Waals surface area contributed by atoms with Gasteiger partial charge in [-0.05, 0) is 31.9 Å². The Morgan fingerprint density at radius 2 is 2.05 bits per heavy atom. The van der Waals surface area contributed by atoms with Crippen LogP contribution in [0.5, 0.6) is 0 Å². The fraction of sp³-hybridized carbons (Fsp3) is 0.611. The lowest BCUT2D eigenvalue weighted by Gasteiger charge is -2.18. The lowest BCUT2D eigenvalue weighted by molar-refractivity contribution is 0.265. The van der Waals surface area contributed by atoms with Crippen LogP contribution in [0.15, 0.2) is 40.4 Å². The quantitative estimate of drug-likeness (QED) is 0.222. The monoisotopic (exact) mass is 295 g/mol. The minimum absolute atomic E-state index is 0.270. The first kappa shape index (κ1) is 19.6. The van der Waals surface area contributed by atoms with Gasteiger partial charge in [-0.2, -0.15) is 0 Å². The Morgan fingerprint density at radius 1 is 1.38 bits per heavy atom. The molecule has 1 unspecified atom stereocenters. The summed E-state index contributed by atoms with van der Waals surface area (Å²) in [5.74, 6) is 0.428. The molecule has 0 aromatic rings. The number of rotatable bonds is 10. The van der Waals surface area contributed by atoms with E-state index in [0.29, 0.717) is 23.7 Å². The van der Waals surface area contributed by atoms with Gasteiger partial charge in [-0.15, -0.1) is 0 Å². The van der Waals surface area contributed by atoms with Gasteiger partial charge < -0.3 is 4.74 Å². The summed E-state index contributed by atoms with van der Waals surface area (Å²) in [6.07, 6.45) is 7.51. The molecule has 3 heteroatoms. The number of methoxy groups -OCH3 is 1. The topological polar surface area (TPSA) is 21.6 Å². The van der Waals surface area contributed by atoms with Gasteiger partial charge in [0, 0.05) is 12.0 Å². The first-order chi connectivity index (χ1) is 10.0. The SMILES string of the molecule is C=C(CN=CC)/C(F)=C(\C/C(=C\CC)C(C)CCC)OC. The maximum Gasteiger partial charge on any atom is 0.165 e. The van der Waals surface area contributed by atoms with E-state index in [1.165, 1.54) is 12.7 Å². The number of hydrogen-bond acceptors (Lipinski definition) is 2. The third kappa shape index (κ3) is 7.26. The molecule has 0 bridgehead atoms. The predicted molar refractivity (Wildman–Crippen MR) is 90.4 cm³/mol. The molecule has 2 nitrogen and oxygen atoms in total. The van der Waals surface area contributed by atoms with Gasteiger partial charge >= 0.3 is 0 Å². The van der Waals surface area contributed by atoms with Gasteiger partial charge in [-0.25, -0.2) is 4.39 Å². The Labute approximate surface area is 129 Å².